The predicted molar refractivity (Wildman–Crippen MR) is 92.9 cm³/mol. The molecule has 1 atom stereocenters. The van der Waals surface area contributed by atoms with Crippen LogP contribution in [0, 0.1) is 17.2 Å². The van der Waals surface area contributed by atoms with Crippen LogP contribution in [0.2, 0.25) is 0 Å². The van der Waals surface area contributed by atoms with Crippen LogP contribution in [0.4, 0.5) is 0 Å². The zero-order chi connectivity index (χ0) is 18.3. The van der Waals surface area contributed by atoms with E-state index in [4.69, 9.17) is 9.47 Å². The number of hydrogen-bond donors (Lipinski definition) is 1. The Morgan fingerprint density at radius 1 is 1.38 bits per heavy atom. The highest BCUT2D eigenvalue weighted by molar-refractivity contribution is 5.79. The third kappa shape index (κ3) is 4.87. The molecule has 0 fully saturated rings. The SMILES string of the molecule is COc1cccc(CN(C)CC(=O)N[C@](C)(C#N)C(C)C)c1OC. The van der Waals surface area contributed by atoms with Crippen molar-refractivity contribution in [2.75, 3.05) is 27.8 Å². The molecule has 0 spiro atoms. The van der Waals surface area contributed by atoms with Crippen LogP contribution < -0.4 is 14.8 Å². The van der Waals surface area contributed by atoms with Gasteiger partial charge in [0.05, 0.1) is 26.8 Å². The topological polar surface area (TPSA) is 74.6 Å². The number of amides is 1. The number of carbonyl (C=O) groups excluding carboxylic acids is 1. The second-order valence-corrected chi connectivity index (χ2v) is 6.34. The van der Waals surface area contributed by atoms with Gasteiger partial charge in [-0.1, -0.05) is 26.0 Å². The number of carbonyl (C=O) groups is 1. The first kappa shape index (κ1) is 19.8. The summed E-state index contributed by atoms with van der Waals surface area (Å²) in [5.41, 5.74) is 0.0602. The summed E-state index contributed by atoms with van der Waals surface area (Å²) in [6.45, 7) is 6.27. The fraction of sp³-hybridized carbons (Fsp3) is 0.556. The molecule has 1 rings (SSSR count). The minimum absolute atomic E-state index is 0.0234. The number of ether oxygens (including phenoxy) is 2. The molecule has 6 nitrogen and oxygen atoms in total. The van der Waals surface area contributed by atoms with E-state index in [2.05, 4.69) is 11.4 Å². The molecule has 0 aliphatic rings. The van der Waals surface area contributed by atoms with Crippen LogP contribution in [0.15, 0.2) is 18.2 Å². The highest BCUT2D eigenvalue weighted by Crippen LogP contribution is 2.31. The Hall–Kier alpha value is -2.26. The highest BCUT2D eigenvalue weighted by atomic mass is 16.5. The molecule has 6 heteroatoms. The second-order valence-electron chi connectivity index (χ2n) is 6.34. The lowest BCUT2D eigenvalue weighted by Gasteiger charge is -2.28. The Morgan fingerprint density at radius 2 is 2.04 bits per heavy atom. The number of nitriles is 1. The standard InChI is InChI=1S/C18H27N3O3/c1-13(2)18(3,12-19)20-16(22)11-21(4)10-14-8-7-9-15(23-5)17(14)24-6/h7-9,13H,10-11H2,1-6H3,(H,20,22)/t18-/m1/s1. The number of nitrogens with one attached hydrogen (secondary N) is 1. The largest absolute Gasteiger partial charge is 0.493 e. The maximum absolute atomic E-state index is 12.2. The molecule has 0 aliphatic heterocycles. The zero-order valence-electron chi connectivity index (χ0n) is 15.3. The zero-order valence-corrected chi connectivity index (χ0v) is 15.3. The van der Waals surface area contributed by atoms with Gasteiger partial charge in [-0.2, -0.15) is 5.26 Å². The molecule has 0 heterocycles. The summed E-state index contributed by atoms with van der Waals surface area (Å²) in [4.78, 5) is 14.1. The van der Waals surface area contributed by atoms with Crippen LogP contribution in [0.3, 0.4) is 0 Å². The summed E-state index contributed by atoms with van der Waals surface area (Å²) < 4.78 is 10.7. The van der Waals surface area contributed by atoms with Crippen molar-refractivity contribution in [1.82, 2.24) is 10.2 Å². The fourth-order valence-electron chi connectivity index (χ4n) is 2.30. The summed E-state index contributed by atoms with van der Waals surface area (Å²) in [5.74, 6) is 1.16. The van der Waals surface area contributed by atoms with Crippen molar-refractivity contribution < 1.29 is 14.3 Å². The molecular weight excluding hydrogens is 306 g/mol. The number of nitrogens with zero attached hydrogens (tertiary/aromatic N) is 2. The number of likely N-dealkylation sites (N-methyl/N-ethyl adjacent to an activating group) is 1. The smallest absolute Gasteiger partial charge is 0.235 e. The van der Waals surface area contributed by atoms with Gasteiger partial charge in [-0.25, -0.2) is 0 Å². The first-order valence-corrected chi connectivity index (χ1v) is 7.88. The van der Waals surface area contributed by atoms with Crippen LogP contribution in [0.5, 0.6) is 11.5 Å². The molecule has 0 unspecified atom stereocenters. The Bertz CT molecular complexity index is 610. The molecule has 1 N–H and O–H groups in total. The molecule has 0 bridgehead atoms. The van der Waals surface area contributed by atoms with Crippen molar-refractivity contribution >= 4 is 5.91 Å². The highest BCUT2D eigenvalue weighted by Gasteiger charge is 2.30. The molecular formula is C18H27N3O3. The van der Waals surface area contributed by atoms with Gasteiger partial charge in [-0.05, 0) is 26.0 Å². The van der Waals surface area contributed by atoms with E-state index in [0.717, 1.165) is 5.56 Å². The molecule has 0 radical (unpaired) electrons. The third-order valence-corrected chi connectivity index (χ3v) is 4.12. The molecule has 0 saturated heterocycles. The van der Waals surface area contributed by atoms with E-state index in [-0.39, 0.29) is 18.4 Å². The lowest BCUT2D eigenvalue weighted by atomic mass is 9.90. The average molecular weight is 333 g/mol. The van der Waals surface area contributed by atoms with Crippen molar-refractivity contribution in [3.05, 3.63) is 23.8 Å². The Labute approximate surface area is 144 Å². The van der Waals surface area contributed by atoms with Gasteiger partial charge in [-0.3, -0.25) is 9.69 Å². The van der Waals surface area contributed by atoms with Crippen molar-refractivity contribution in [2.45, 2.75) is 32.9 Å². The lowest BCUT2D eigenvalue weighted by molar-refractivity contribution is -0.123. The van der Waals surface area contributed by atoms with E-state index in [1.807, 2.05) is 44.0 Å². The van der Waals surface area contributed by atoms with Gasteiger partial charge in [0, 0.05) is 12.1 Å². The van der Waals surface area contributed by atoms with Gasteiger partial charge in [0.1, 0.15) is 5.54 Å². The minimum Gasteiger partial charge on any atom is -0.493 e. The first-order chi connectivity index (χ1) is 11.3. The monoisotopic (exact) mass is 333 g/mol. The molecule has 0 saturated carbocycles. The normalized spacial score (nSPS) is 13.3. The molecule has 132 valence electrons. The molecule has 1 amide bonds. The summed E-state index contributed by atoms with van der Waals surface area (Å²) in [6, 6.07) is 7.83. The number of rotatable bonds is 8. The van der Waals surface area contributed by atoms with E-state index >= 15 is 0 Å². The van der Waals surface area contributed by atoms with Gasteiger partial charge >= 0.3 is 0 Å². The van der Waals surface area contributed by atoms with E-state index in [0.29, 0.717) is 18.0 Å². The maximum atomic E-state index is 12.2. The summed E-state index contributed by atoms with van der Waals surface area (Å²) in [5, 5.41) is 12.1. The lowest BCUT2D eigenvalue weighted by Crippen LogP contribution is -2.51. The summed E-state index contributed by atoms with van der Waals surface area (Å²) in [7, 11) is 5.03. The van der Waals surface area contributed by atoms with Crippen LogP contribution >= 0.6 is 0 Å². The quantitative estimate of drug-likeness (QED) is 0.789. The van der Waals surface area contributed by atoms with Crippen LogP contribution in [-0.2, 0) is 11.3 Å². The number of benzene rings is 1. The molecule has 0 aliphatic carbocycles. The van der Waals surface area contributed by atoms with Crippen LogP contribution in [-0.4, -0.2) is 44.2 Å². The van der Waals surface area contributed by atoms with Gasteiger partial charge in [0.15, 0.2) is 11.5 Å². The van der Waals surface area contributed by atoms with Crippen molar-refractivity contribution in [2.24, 2.45) is 5.92 Å². The van der Waals surface area contributed by atoms with E-state index in [1.165, 1.54) is 0 Å². The van der Waals surface area contributed by atoms with Gasteiger partial charge in [0.2, 0.25) is 5.91 Å². The van der Waals surface area contributed by atoms with Crippen molar-refractivity contribution in [3.63, 3.8) is 0 Å². The van der Waals surface area contributed by atoms with Gasteiger partial charge in [-0.15, -0.1) is 0 Å². The molecule has 0 aromatic heterocycles. The first-order valence-electron chi connectivity index (χ1n) is 7.88. The molecule has 1 aromatic carbocycles. The van der Waals surface area contributed by atoms with Gasteiger partial charge in [0.25, 0.3) is 0 Å². The summed E-state index contributed by atoms with van der Waals surface area (Å²) >= 11 is 0. The Kier molecular flexibility index (Phi) is 7.05. The van der Waals surface area contributed by atoms with E-state index in [1.54, 1.807) is 21.1 Å². The maximum Gasteiger partial charge on any atom is 0.235 e. The predicted octanol–water partition coefficient (Wildman–Crippen LogP) is 2.19. The molecule has 24 heavy (non-hydrogen) atoms. The van der Waals surface area contributed by atoms with E-state index < -0.39 is 5.54 Å². The van der Waals surface area contributed by atoms with Crippen molar-refractivity contribution in [1.29, 1.82) is 5.26 Å². The number of para-hydroxylation sites is 1. The Morgan fingerprint density at radius 3 is 2.54 bits per heavy atom. The fourth-order valence-corrected chi connectivity index (χ4v) is 2.30. The van der Waals surface area contributed by atoms with E-state index in [9.17, 15) is 10.1 Å². The van der Waals surface area contributed by atoms with Gasteiger partial charge < -0.3 is 14.8 Å². The average Bonchev–Trinajstić information content (AvgIpc) is 2.53. The molecule has 1 aromatic rings. The number of hydrogen-bond acceptors (Lipinski definition) is 5. The van der Waals surface area contributed by atoms with Crippen molar-refractivity contribution in [3.8, 4) is 17.6 Å². The Balaban J connectivity index is 2.75. The minimum atomic E-state index is -0.869. The van der Waals surface area contributed by atoms with Crippen LogP contribution in [0.1, 0.15) is 26.3 Å². The van der Waals surface area contributed by atoms with Crippen LogP contribution in [0.25, 0.3) is 0 Å². The summed E-state index contributed by atoms with van der Waals surface area (Å²) in [6.07, 6.45) is 0. The number of methoxy groups -OCH3 is 2. The third-order valence-electron chi connectivity index (χ3n) is 4.12. The second kappa shape index (κ2) is 8.55.